The monoisotopic (exact) mass is 510 g/mol. The number of nitrogens with one attached hydrogen (secondary N) is 1. The number of ether oxygens (including phenoxy) is 2. The zero-order valence-corrected chi connectivity index (χ0v) is 21.5. The molecule has 0 saturated carbocycles. The van der Waals surface area contributed by atoms with Gasteiger partial charge in [-0.25, -0.2) is 4.79 Å². The molecular formula is C22H30N4O6S2. The van der Waals surface area contributed by atoms with Crippen molar-refractivity contribution in [2.24, 2.45) is 0 Å². The van der Waals surface area contributed by atoms with E-state index in [0.29, 0.717) is 39.1 Å². The normalized spacial score (nSPS) is 11.8. The van der Waals surface area contributed by atoms with Gasteiger partial charge >= 0.3 is 16.3 Å². The van der Waals surface area contributed by atoms with Crippen LogP contribution in [0.15, 0.2) is 23.2 Å². The summed E-state index contributed by atoms with van der Waals surface area (Å²) in [6, 6.07) is 5.75. The Labute approximate surface area is 204 Å². The van der Waals surface area contributed by atoms with Crippen LogP contribution >= 0.6 is 11.8 Å². The highest BCUT2D eigenvalue weighted by molar-refractivity contribution is 7.99. The smallest absolute Gasteiger partial charge is 0.422 e. The molecule has 0 saturated heterocycles. The van der Waals surface area contributed by atoms with E-state index >= 15 is 0 Å². The van der Waals surface area contributed by atoms with Crippen LogP contribution in [0.2, 0.25) is 0 Å². The van der Waals surface area contributed by atoms with Crippen molar-refractivity contribution < 1.29 is 27.8 Å². The van der Waals surface area contributed by atoms with E-state index in [9.17, 15) is 23.6 Å². The van der Waals surface area contributed by atoms with Gasteiger partial charge in [-0.1, -0.05) is 6.42 Å². The molecule has 0 aliphatic carbocycles. The second kappa shape index (κ2) is 11.6. The van der Waals surface area contributed by atoms with Gasteiger partial charge in [0.1, 0.15) is 6.07 Å². The molecule has 12 heteroatoms. The predicted octanol–water partition coefficient (Wildman–Crippen LogP) is 4.00. The molecule has 1 aromatic carbocycles. The number of pyridine rings is 1. The Morgan fingerprint density at radius 2 is 1.85 bits per heavy atom. The second-order valence-corrected chi connectivity index (χ2v) is 11.1. The molecule has 0 radical (unpaired) electrons. The molecule has 1 heterocycles. The van der Waals surface area contributed by atoms with Crippen LogP contribution in [0, 0.1) is 11.3 Å². The second-order valence-electron chi connectivity index (χ2n) is 8.36. The van der Waals surface area contributed by atoms with Gasteiger partial charge < -0.3 is 14.6 Å². The van der Waals surface area contributed by atoms with E-state index in [0.717, 1.165) is 23.1 Å². The number of rotatable bonds is 11. The molecule has 0 atom stereocenters. The van der Waals surface area contributed by atoms with Crippen molar-refractivity contribution in [1.29, 1.82) is 5.26 Å². The lowest BCUT2D eigenvalue weighted by atomic mass is 10.1. The van der Waals surface area contributed by atoms with Gasteiger partial charge in [-0.3, -0.25) is 4.98 Å². The fraction of sp³-hybridized carbons (Fsp3) is 0.500. The van der Waals surface area contributed by atoms with Gasteiger partial charge in [-0.15, -0.1) is 11.8 Å². The molecule has 186 valence electrons. The zero-order chi connectivity index (χ0) is 25.5. The van der Waals surface area contributed by atoms with Crippen molar-refractivity contribution in [1.82, 2.24) is 14.0 Å². The minimum Gasteiger partial charge on any atom is -0.493 e. The summed E-state index contributed by atoms with van der Waals surface area (Å²) in [6.07, 6.45) is 2.05. The van der Waals surface area contributed by atoms with Crippen molar-refractivity contribution in [2.75, 3.05) is 26.5 Å². The van der Waals surface area contributed by atoms with E-state index < -0.39 is 21.8 Å². The van der Waals surface area contributed by atoms with Gasteiger partial charge in [0, 0.05) is 29.1 Å². The van der Waals surface area contributed by atoms with Gasteiger partial charge in [-0.2, -0.15) is 22.7 Å². The number of nitrogens with zero attached hydrogens (tertiary/aromatic N) is 3. The largest absolute Gasteiger partial charge is 0.493 e. The summed E-state index contributed by atoms with van der Waals surface area (Å²) in [7, 11) is -1.06. The Kier molecular flexibility index (Phi) is 9.37. The molecule has 1 aromatic heterocycles. The third kappa shape index (κ3) is 6.65. The van der Waals surface area contributed by atoms with Crippen LogP contribution in [-0.4, -0.2) is 61.0 Å². The van der Waals surface area contributed by atoms with Crippen molar-refractivity contribution in [3.8, 4) is 17.6 Å². The number of hydrogen-bond acceptors (Lipinski definition) is 8. The number of nitriles is 1. The predicted molar refractivity (Wildman–Crippen MR) is 131 cm³/mol. The fourth-order valence-corrected chi connectivity index (χ4v) is 5.91. The molecule has 0 fully saturated rings. The first-order valence-corrected chi connectivity index (χ1v) is 13.0. The van der Waals surface area contributed by atoms with Gasteiger partial charge in [-0.05, 0) is 45.4 Å². The average molecular weight is 511 g/mol. The van der Waals surface area contributed by atoms with Gasteiger partial charge in [0.15, 0.2) is 11.5 Å². The summed E-state index contributed by atoms with van der Waals surface area (Å²) in [5.41, 5.74) is 0.0658. The van der Waals surface area contributed by atoms with Gasteiger partial charge in [0.05, 0.1) is 30.8 Å². The van der Waals surface area contributed by atoms with E-state index in [4.69, 9.17) is 9.47 Å². The van der Waals surface area contributed by atoms with Gasteiger partial charge in [0.25, 0.3) is 0 Å². The van der Waals surface area contributed by atoms with Crippen molar-refractivity contribution >= 4 is 39.0 Å². The highest BCUT2D eigenvalue weighted by atomic mass is 32.2. The molecule has 2 rings (SSSR count). The fourth-order valence-electron chi connectivity index (χ4n) is 3.32. The Morgan fingerprint density at radius 1 is 1.21 bits per heavy atom. The lowest BCUT2D eigenvalue weighted by molar-refractivity contribution is 0.145. The Morgan fingerprint density at radius 3 is 2.41 bits per heavy atom. The number of carbonyl (C=O) groups is 1. The van der Waals surface area contributed by atoms with E-state index in [-0.39, 0.29) is 6.54 Å². The minimum atomic E-state index is -4.15. The van der Waals surface area contributed by atoms with Crippen LogP contribution in [0.1, 0.15) is 45.6 Å². The van der Waals surface area contributed by atoms with E-state index in [1.54, 1.807) is 20.3 Å². The highest BCUT2D eigenvalue weighted by Gasteiger charge is 2.36. The molecule has 0 aliphatic heterocycles. The molecule has 10 nitrogen and oxygen atoms in total. The summed E-state index contributed by atoms with van der Waals surface area (Å²) in [5.74, 6) is 1.81. The number of aromatic nitrogens is 1. The number of hydrogen-bond donors (Lipinski definition) is 2. The first-order valence-electron chi connectivity index (χ1n) is 10.6. The highest BCUT2D eigenvalue weighted by Crippen LogP contribution is 2.37. The van der Waals surface area contributed by atoms with Crippen molar-refractivity contribution in [3.63, 3.8) is 0 Å². The third-order valence-corrected chi connectivity index (χ3v) is 7.79. The number of amides is 1. The van der Waals surface area contributed by atoms with Crippen LogP contribution < -0.4 is 14.2 Å². The summed E-state index contributed by atoms with van der Waals surface area (Å²) in [4.78, 5) is 16.5. The van der Waals surface area contributed by atoms with Crippen molar-refractivity contribution in [2.45, 2.75) is 50.5 Å². The number of fused-ring (bicyclic) bond motifs is 1. The number of carboxylic acid groups (broad SMARTS) is 1. The molecule has 2 N–H and O–H groups in total. The van der Waals surface area contributed by atoms with E-state index in [1.807, 2.05) is 6.07 Å². The molecule has 2 aromatic rings. The summed E-state index contributed by atoms with van der Waals surface area (Å²) < 4.78 is 38.2. The lowest BCUT2D eigenvalue weighted by Crippen LogP contribution is -2.53. The maximum absolute atomic E-state index is 12.4. The zero-order valence-electron chi connectivity index (χ0n) is 19.9. The Bertz CT molecular complexity index is 1170. The van der Waals surface area contributed by atoms with Crippen LogP contribution in [0.25, 0.3) is 10.9 Å². The topological polar surface area (TPSA) is 142 Å². The molecular weight excluding hydrogens is 480 g/mol. The molecule has 0 spiro atoms. The number of benzene rings is 1. The Hall–Kier alpha value is -2.75. The average Bonchev–Trinajstić information content (AvgIpc) is 2.75. The maximum Gasteiger partial charge on any atom is 0.422 e. The number of unbranched alkanes of at least 4 members (excludes halogenated alkanes) is 2. The molecule has 1 amide bonds. The Balaban J connectivity index is 1.97. The third-order valence-electron chi connectivity index (χ3n) is 4.82. The summed E-state index contributed by atoms with van der Waals surface area (Å²) >= 11 is 1.53. The standard InChI is InChI=1S/C22H30N4O6S2/c1-22(2,3)26(21(27)28)34(29,30)25-9-7-6-8-10-33-20-15(13-23)14-24-17-12-19(32-5)18(31-4)11-16(17)20/h11-12,14,25H,6-10H2,1-5H3,(H,27,28). The number of thioether (sulfide) groups is 1. The van der Waals surface area contributed by atoms with Crippen LogP contribution in [0.5, 0.6) is 11.5 Å². The molecule has 34 heavy (non-hydrogen) atoms. The van der Waals surface area contributed by atoms with Crippen LogP contribution in [-0.2, 0) is 10.2 Å². The molecule has 0 unspecified atom stereocenters. The minimum absolute atomic E-state index is 0.130. The van der Waals surface area contributed by atoms with Crippen molar-refractivity contribution in [3.05, 3.63) is 23.9 Å². The quantitative estimate of drug-likeness (QED) is 0.339. The number of methoxy groups -OCH3 is 2. The van der Waals surface area contributed by atoms with Gasteiger partial charge in [0.2, 0.25) is 0 Å². The summed E-state index contributed by atoms with van der Waals surface area (Å²) in [5, 5.41) is 19.6. The summed E-state index contributed by atoms with van der Waals surface area (Å²) in [6.45, 7) is 4.68. The van der Waals surface area contributed by atoms with Crippen LogP contribution in [0.3, 0.4) is 0 Å². The maximum atomic E-state index is 12.4. The SMILES string of the molecule is COc1cc2ncc(C#N)c(SCCCCCNS(=O)(=O)N(C(=O)O)C(C)(C)C)c2cc1OC. The molecule has 0 bridgehead atoms. The molecule has 0 aliphatic rings. The first-order chi connectivity index (χ1) is 16.0. The van der Waals surface area contributed by atoms with Crippen LogP contribution in [0.4, 0.5) is 4.79 Å². The van der Waals surface area contributed by atoms with E-state index in [2.05, 4.69) is 15.8 Å². The van der Waals surface area contributed by atoms with E-state index in [1.165, 1.54) is 38.7 Å². The lowest BCUT2D eigenvalue weighted by Gasteiger charge is -2.31. The first kappa shape index (κ1) is 27.5.